The van der Waals surface area contributed by atoms with Crippen molar-refractivity contribution in [1.29, 1.82) is 0 Å². The molecule has 1 heteroatoms. The summed E-state index contributed by atoms with van der Waals surface area (Å²) in [4.78, 5) is 0. The van der Waals surface area contributed by atoms with Crippen LogP contribution in [0, 0.1) is 12.0 Å². The van der Waals surface area contributed by atoms with Gasteiger partial charge in [-0.3, -0.25) is 0 Å². The van der Waals surface area contributed by atoms with Gasteiger partial charge >= 0.3 is 0 Å². The van der Waals surface area contributed by atoms with Crippen LogP contribution in [0.25, 0.3) is 0 Å². The lowest BCUT2D eigenvalue weighted by atomic mass is 10.2. The lowest BCUT2D eigenvalue weighted by Gasteiger charge is -1.93. The molecule has 68 valence electrons. The number of unbranched alkanes of at least 4 members (excludes halogenated alkanes) is 1. The average Bonchev–Trinajstić information content (AvgIpc) is 2.19. The van der Waals surface area contributed by atoms with Crippen LogP contribution >= 0.6 is 0 Å². The highest BCUT2D eigenvalue weighted by molar-refractivity contribution is 5.32. The second-order valence-corrected chi connectivity index (χ2v) is 2.90. The van der Waals surface area contributed by atoms with E-state index in [2.05, 4.69) is 24.2 Å². The summed E-state index contributed by atoms with van der Waals surface area (Å²) in [5.74, 6) is 3.04. The van der Waals surface area contributed by atoms with Crippen LogP contribution in [-0.4, -0.2) is 6.54 Å². The highest BCUT2D eigenvalue weighted by Crippen LogP contribution is 1.93. The molecule has 0 unspecified atom stereocenters. The summed E-state index contributed by atoms with van der Waals surface area (Å²) in [6, 6.07) is 12.9. The van der Waals surface area contributed by atoms with Gasteiger partial charge in [0, 0.05) is 18.2 Å². The first-order chi connectivity index (χ1) is 6.43. The van der Waals surface area contributed by atoms with E-state index in [4.69, 9.17) is 0 Å². The van der Waals surface area contributed by atoms with Gasteiger partial charge in [-0.05, 0) is 24.5 Å². The molecular weight excluding hydrogens is 158 g/mol. The van der Waals surface area contributed by atoms with Crippen molar-refractivity contribution in [3.63, 3.8) is 0 Å². The lowest BCUT2D eigenvalue weighted by Crippen LogP contribution is -2.06. The van der Waals surface area contributed by atoms with Gasteiger partial charge in [-0.25, -0.2) is 0 Å². The maximum Gasteiger partial charge on any atom is 0.0263 e. The van der Waals surface area contributed by atoms with Crippen molar-refractivity contribution in [1.82, 2.24) is 5.32 Å². The van der Waals surface area contributed by atoms with Gasteiger partial charge in [0.25, 0.3) is 0 Å². The SMILES string of the molecule is CCCCNC#Cc1ccccc1. The van der Waals surface area contributed by atoms with Gasteiger partial charge in [0.15, 0.2) is 0 Å². The first-order valence-corrected chi connectivity index (χ1v) is 4.72. The van der Waals surface area contributed by atoms with Gasteiger partial charge in [0.1, 0.15) is 0 Å². The Bertz CT molecular complexity index is 279. The molecule has 1 aromatic rings. The average molecular weight is 173 g/mol. The van der Waals surface area contributed by atoms with Crippen molar-refractivity contribution in [2.24, 2.45) is 0 Å². The molecule has 1 aromatic carbocycles. The number of hydrogen-bond donors (Lipinski definition) is 1. The molecule has 0 saturated carbocycles. The number of hydrogen-bond acceptors (Lipinski definition) is 1. The predicted octanol–water partition coefficient (Wildman–Crippen LogP) is 2.39. The predicted molar refractivity (Wildman–Crippen MR) is 56.2 cm³/mol. The fourth-order valence-electron chi connectivity index (χ4n) is 0.966. The molecule has 0 amide bonds. The third kappa shape index (κ3) is 4.22. The quantitative estimate of drug-likeness (QED) is 0.420. The molecule has 1 rings (SSSR count). The Morgan fingerprint density at radius 3 is 2.69 bits per heavy atom. The first-order valence-electron chi connectivity index (χ1n) is 4.72. The van der Waals surface area contributed by atoms with Crippen molar-refractivity contribution >= 4 is 0 Å². The number of nitrogens with one attached hydrogen (secondary N) is 1. The topological polar surface area (TPSA) is 12.0 Å². The Morgan fingerprint density at radius 1 is 1.23 bits per heavy atom. The molecule has 0 saturated heterocycles. The van der Waals surface area contributed by atoms with Gasteiger partial charge in [-0.2, -0.15) is 0 Å². The standard InChI is InChI=1S/C12H15N/c1-2-3-10-13-11-9-12-7-5-4-6-8-12/h4-8,13H,2-3,10H2,1H3. The second-order valence-electron chi connectivity index (χ2n) is 2.90. The Balaban J connectivity index is 2.31. The van der Waals surface area contributed by atoms with E-state index in [0.717, 1.165) is 12.1 Å². The molecular formula is C12H15N. The maximum absolute atomic E-state index is 3.07. The minimum absolute atomic E-state index is 0.982. The van der Waals surface area contributed by atoms with E-state index in [1.54, 1.807) is 0 Å². The Morgan fingerprint density at radius 2 is 2.00 bits per heavy atom. The fourth-order valence-corrected chi connectivity index (χ4v) is 0.966. The first kappa shape index (κ1) is 9.67. The van der Waals surface area contributed by atoms with Gasteiger partial charge in [-0.15, -0.1) is 0 Å². The van der Waals surface area contributed by atoms with Crippen molar-refractivity contribution in [2.75, 3.05) is 6.54 Å². The molecule has 0 aromatic heterocycles. The van der Waals surface area contributed by atoms with E-state index in [1.807, 2.05) is 30.3 Å². The molecule has 0 heterocycles. The summed E-state index contributed by atoms with van der Waals surface area (Å²) in [5.41, 5.74) is 1.06. The highest BCUT2D eigenvalue weighted by atomic mass is 14.8. The smallest absolute Gasteiger partial charge is 0.0263 e. The van der Waals surface area contributed by atoms with Crippen LogP contribution in [0.2, 0.25) is 0 Å². The summed E-state index contributed by atoms with van der Waals surface area (Å²) in [5, 5.41) is 3.07. The van der Waals surface area contributed by atoms with Gasteiger partial charge in [0.2, 0.25) is 0 Å². The van der Waals surface area contributed by atoms with Crippen LogP contribution in [0.15, 0.2) is 30.3 Å². The van der Waals surface area contributed by atoms with E-state index in [-0.39, 0.29) is 0 Å². The maximum atomic E-state index is 3.07. The third-order valence-electron chi connectivity index (χ3n) is 1.72. The second kappa shape index (κ2) is 6.14. The van der Waals surface area contributed by atoms with Crippen LogP contribution < -0.4 is 5.32 Å². The van der Waals surface area contributed by atoms with Crippen molar-refractivity contribution < 1.29 is 0 Å². The van der Waals surface area contributed by atoms with E-state index in [9.17, 15) is 0 Å². The third-order valence-corrected chi connectivity index (χ3v) is 1.72. The molecule has 0 atom stereocenters. The van der Waals surface area contributed by atoms with Crippen molar-refractivity contribution in [3.8, 4) is 12.0 Å². The summed E-state index contributed by atoms with van der Waals surface area (Å²) < 4.78 is 0. The lowest BCUT2D eigenvalue weighted by molar-refractivity contribution is 0.747. The monoisotopic (exact) mass is 173 g/mol. The molecule has 13 heavy (non-hydrogen) atoms. The molecule has 1 nitrogen and oxygen atoms in total. The summed E-state index contributed by atoms with van der Waals surface area (Å²) >= 11 is 0. The Kier molecular flexibility index (Phi) is 4.56. The Hall–Kier alpha value is -1.42. The molecule has 0 spiro atoms. The summed E-state index contributed by atoms with van der Waals surface area (Å²) in [6.45, 7) is 3.16. The zero-order valence-electron chi connectivity index (χ0n) is 8.01. The summed E-state index contributed by atoms with van der Waals surface area (Å²) in [6.07, 6.45) is 2.39. The molecule has 0 bridgehead atoms. The Labute approximate surface area is 80.2 Å². The molecule has 0 radical (unpaired) electrons. The van der Waals surface area contributed by atoms with Crippen LogP contribution in [0.5, 0.6) is 0 Å². The molecule has 0 fully saturated rings. The molecule has 1 N–H and O–H groups in total. The zero-order valence-corrected chi connectivity index (χ0v) is 8.01. The van der Waals surface area contributed by atoms with Crippen molar-refractivity contribution in [3.05, 3.63) is 35.9 Å². The molecule has 0 aliphatic carbocycles. The van der Waals surface area contributed by atoms with Crippen LogP contribution in [0.3, 0.4) is 0 Å². The van der Waals surface area contributed by atoms with E-state index >= 15 is 0 Å². The number of rotatable bonds is 3. The van der Waals surface area contributed by atoms with Crippen molar-refractivity contribution in [2.45, 2.75) is 19.8 Å². The van der Waals surface area contributed by atoms with Gasteiger partial charge in [-0.1, -0.05) is 31.5 Å². The van der Waals surface area contributed by atoms with E-state index in [0.29, 0.717) is 0 Å². The molecule has 0 aliphatic rings. The van der Waals surface area contributed by atoms with Crippen LogP contribution in [0.4, 0.5) is 0 Å². The minimum atomic E-state index is 0.982. The molecule has 0 aliphatic heterocycles. The van der Waals surface area contributed by atoms with Gasteiger partial charge in [0.05, 0.1) is 0 Å². The van der Waals surface area contributed by atoms with Gasteiger partial charge < -0.3 is 5.32 Å². The zero-order chi connectivity index (χ0) is 9.36. The minimum Gasteiger partial charge on any atom is -0.346 e. The van der Waals surface area contributed by atoms with E-state index < -0.39 is 0 Å². The largest absolute Gasteiger partial charge is 0.346 e. The summed E-state index contributed by atoms with van der Waals surface area (Å²) in [7, 11) is 0. The van der Waals surface area contributed by atoms with Crippen LogP contribution in [0.1, 0.15) is 25.3 Å². The van der Waals surface area contributed by atoms with Crippen LogP contribution in [-0.2, 0) is 0 Å². The highest BCUT2D eigenvalue weighted by Gasteiger charge is 1.81. The fraction of sp³-hybridized carbons (Fsp3) is 0.333. The van der Waals surface area contributed by atoms with E-state index in [1.165, 1.54) is 12.8 Å². The normalized spacial score (nSPS) is 8.69. The number of benzene rings is 1.